The second-order valence-corrected chi connectivity index (χ2v) is 3.27. The summed E-state index contributed by atoms with van der Waals surface area (Å²) in [6.45, 7) is 0. The van der Waals surface area contributed by atoms with Gasteiger partial charge >= 0.3 is 0 Å². The fraction of sp³-hybridized carbons (Fsp3) is 0.100. The maximum absolute atomic E-state index is 12.5. The van der Waals surface area contributed by atoms with Crippen molar-refractivity contribution in [2.75, 3.05) is 5.88 Å². The van der Waals surface area contributed by atoms with Gasteiger partial charge in [-0.3, -0.25) is 4.79 Å². The molecular formula is C10H7Cl2FO. The molecule has 14 heavy (non-hydrogen) atoms. The summed E-state index contributed by atoms with van der Waals surface area (Å²) in [5.41, 5.74) is 0.589. The molecule has 0 amide bonds. The predicted molar refractivity (Wildman–Crippen MR) is 56.0 cm³/mol. The lowest BCUT2D eigenvalue weighted by Crippen LogP contribution is -1.93. The van der Waals surface area contributed by atoms with Gasteiger partial charge in [-0.2, -0.15) is 0 Å². The molecule has 0 aliphatic carbocycles. The summed E-state index contributed by atoms with van der Waals surface area (Å²) in [5.74, 6) is -0.736. The van der Waals surface area contributed by atoms with Gasteiger partial charge in [0.25, 0.3) is 0 Å². The van der Waals surface area contributed by atoms with Crippen LogP contribution < -0.4 is 0 Å². The zero-order chi connectivity index (χ0) is 10.6. The Morgan fingerprint density at radius 3 is 2.43 bits per heavy atom. The number of rotatable bonds is 3. The van der Waals surface area contributed by atoms with Crippen molar-refractivity contribution in [3.8, 4) is 0 Å². The first-order valence-electron chi connectivity index (χ1n) is 3.85. The van der Waals surface area contributed by atoms with E-state index in [-0.39, 0.29) is 22.5 Å². The molecule has 0 saturated heterocycles. The van der Waals surface area contributed by atoms with Crippen LogP contribution in [0.4, 0.5) is 4.39 Å². The predicted octanol–water partition coefficient (Wildman–Crippen LogP) is 3.21. The number of hydrogen-bond donors (Lipinski definition) is 0. The van der Waals surface area contributed by atoms with Crippen molar-refractivity contribution in [3.05, 3.63) is 41.7 Å². The highest BCUT2D eigenvalue weighted by Crippen LogP contribution is 2.18. The molecule has 0 fully saturated rings. The molecule has 1 aromatic carbocycles. The minimum atomic E-state index is -0.345. The number of ketones is 1. The van der Waals surface area contributed by atoms with Gasteiger partial charge in [-0.25, -0.2) is 4.39 Å². The molecule has 0 bridgehead atoms. The van der Waals surface area contributed by atoms with E-state index in [1.807, 2.05) is 0 Å². The highest BCUT2D eigenvalue weighted by atomic mass is 35.5. The van der Waals surface area contributed by atoms with E-state index < -0.39 is 0 Å². The molecule has 1 aromatic rings. The topological polar surface area (TPSA) is 17.1 Å². The van der Waals surface area contributed by atoms with E-state index in [9.17, 15) is 9.18 Å². The Morgan fingerprint density at radius 1 is 1.36 bits per heavy atom. The lowest BCUT2D eigenvalue weighted by Gasteiger charge is -1.97. The van der Waals surface area contributed by atoms with Gasteiger partial charge in [0.05, 0.1) is 10.9 Å². The van der Waals surface area contributed by atoms with Gasteiger partial charge in [-0.1, -0.05) is 23.7 Å². The lowest BCUT2D eigenvalue weighted by molar-refractivity contribution is -0.112. The molecule has 0 saturated carbocycles. The zero-order valence-electron chi connectivity index (χ0n) is 7.14. The summed E-state index contributed by atoms with van der Waals surface area (Å²) in [6, 6.07) is 5.54. The van der Waals surface area contributed by atoms with Crippen molar-refractivity contribution in [1.29, 1.82) is 0 Å². The van der Waals surface area contributed by atoms with Crippen molar-refractivity contribution < 1.29 is 9.18 Å². The maximum atomic E-state index is 12.5. The van der Waals surface area contributed by atoms with Crippen LogP contribution in [0.5, 0.6) is 0 Å². The Labute approximate surface area is 91.1 Å². The zero-order valence-corrected chi connectivity index (χ0v) is 8.65. The van der Waals surface area contributed by atoms with E-state index in [0.29, 0.717) is 5.56 Å². The highest BCUT2D eigenvalue weighted by molar-refractivity contribution is 6.50. The summed E-state index contributed by atoms with van der Waals surface area (Å²) >= 11 is 11.1. The second kappa shape index (κ2) is 5.13. The minimum Gasteiger partial charge on any atom is -0.293 e. The van der Waals surface area contributed by atoms with Crippen LogP contribution in [-0.4, -0.2) is 11.7 Å². The molecule has 0 radical (unpaired) electrons. The molecule has 74 valence electrons. The van der Waals surface area contributed by atoms with Crippen LogP contribution >= 0.6 is 23.2 Å². The van der Waals surface area contributed by atoms with Crippen LogP contribution in [0.15, 0.2) is 30.3 Å². The van der Waals surface area contributed by atoms with Crippen LogP contribution in [0.3, 0.4) is 0 Å². The van der Waals surface area contributed by atoms with Crippen molar-refractivity contribution in [2.24, 2.45) is 0 Å². The summed E-state index contributed by atoms with van der Waals surface area (Å²) in [4.78, 5) is 10.9. The van der Waals surface area contributed by atoms with Gasteiger partial charge in [-0.15, -0.1) is 11.6 Å². The summed E-state index contributed by atoms with van der Waals surface area (Å²) in [5, 5.41) is 0.260. The van der Waals surface area contributed by atoms with Gasteiger partial charge in [0.15, 0.2) is 5.78 Å². The molecule has 0 spiro atoms. The normalized spacial score (nSPS) is 11.5. The van der Waals surface area contributed by atoms with Crippen LogP contribution in [0.2, 0.25) is 0 Å². The average Bonchev–Trinajstić information content (AvgIpc) is 2.18. The third kappa shape index (κ3) is 3.13. The van der Waals surface area contributed by atoms with E-state index in [1.54, 1.807) is 0 Å². The van der Waals surface area contributed by atoms with Gasteiger partial charge < -0.3 is 0 Å². The van der Waals surface area contributed by atoms with E-state index >= 15 is 0 Å². The van der Waals surface area contributed by atoms with Crippen LogP contribution in [0.1, 0.15) is 5.56 Å². The van der Waals surface area contributed by atoms with Gasteiger partial charge in [0, 0.05) is 6.08 Å². The van der Waals surface area contributed by atoms with Crippen molar-refractivity contribution >= 4 is 34.0 Å². The second-order valence-electron chi connectivity index (χ2n) is 2.60. The fourth-order valence-electron chi connectivity index (χ4n) is 0.872. The smallest absolute Gasteiger partial charge is 0.171 e. The number of carbonyl (C=O) groups is 1. The SMILES string of the molecule is O=C(/C=C(/Cl)c1ccc(F)cc1)CCl. The number of hydrogen-bond acceptors (Lipinski definition) is 1. The van der Waals surface area contributed by atoms with E-state index in [4.69, 9.17) is 23.2 Å². The third-order valence-electron chi connectivity index (χ3n) is 1.54. The molecule has 0 heterocycles. The van der Waals surface area contributed by atoms with Crippen molar-refractivity contribution in [1.82, 2.24) is 0 Å². The molecule has 1 nitrogen and oxygen atoms in total. The van der Waals surface area contributed by atoms with Gasteiger partial charge in [0.2, 0.25) is 0 Å². The Bertz CT molecular complexity index is 357. The number of allylic oxidation sites excluding steroid dienone is 1. The van der Waals surface area contributed by atoms with Crippen molar-refractivity contribution in [2.45, 2.75) is 0 Å². The minimum absolute atomic E-state index is 0.114. The molecule has 0 aliphatic heterocycles. The molecule has 0 N–H and O–H groups in total. The molecule has 0 aromatic heterocycles. The first-order chi connectivity index (χ1) is 6.63. The fourth-order valence-corrected chi connectivity index (χ4v) is 1.20. The molecule has 0 atom stereocenters. The molecule has 0 aliphatic rings. The molecular weight excluding hydrogens is 226 g/mol. The number of carbonyl (C=O) groups excluding carboxylic acids is 1. The quantitative estimate of drug-likeness (QED) is 0.578. The summed E-state index contributed by atoms with van der Waals surface area (Å²) in [7, 11) is 0. The standard InChI is InChI=1S/C10H7Cl2FO/c11-6-9(14)5-10(12)7-1-3-8(13)4-2-7/h1-5H,6H2/b10-5+. The monoisotopic (exact) mass is 232 g/mol. The number of halogens is 3. The van der Waals surface area contributed by atoms with E-state index in [0.717, 1.165) is 0 Å². The molecule has 4 heteroatoms. The summed E-state index contributed by atoms with van der Waals surface area (Å²) in [6.07, 6.45) is 1.22. The average molecular weight is 233 g/mol. The Morgan fingerprint density at radius 2 is 1.93 bits per heavy atom. The van der Waals surface area contributed by atoms with Gasteiger partial charge in [0.1, 0.15) is 5.82 Å². The number of benzene rings is 1. The van der Waals surface area contributed by atoms with Crippen molar-refractivity contribution in [3.63, 3.8) is 0 Å². The highest BCUT2D eigenvalue weighted by Gasteiger charge is 2.01. The van der Waals surface area contributed by atoms with Crippen LogP contribution in [0.25, 0.3) is 5.03 Å². The van der Waals surface area contributed by atoms with Crippen LogP contribution in [0, 0.1) is 5.82 Å². The Balaban J connectivity index is 2.89. The maximum Gasteiger partial charge on any atom is 0.171 e. The molecule has 0 unspecified atom stereocenters. The Kier molecular flexibility index (Phi) is 4.11. The number of alkyl halides is 1. The first kappa shape index (κ1) is 11.2. The lowest BCUT2D eigenvalue weighted by atomic mass is 10.2. The van der Waals surface area contributed by atoms with E-state index in [1.165, 1.54) is 30.3 Å². The largest absolute Gasteiger partial charge is 0.293 e. The first-order valence-corrected chi connectivity index (χ1v) is 4.76. The van der Waals surface area contributed by atoms with E-state index in [2.05, 4.69) is 0 Å². The van der Waals surface area contributed by atoms with Gasteiger partial charge in [-0.05, 0) is 17.7 Å². The molecule has 1 rings (SSSR count). The van der Waals surface area contributed by atoms with Crippen LogP contribution in [-0.2, 0) is 4.79 Å². The summed E-state index contributed by atoms with van der Waals surface area (Å²) < 4.78 is 12.5. The third-order valence-corrected chi connectivity index (χ3v) is 2.13. The Hall–Kier alpha value is -0.860.